The highest BCUT2D eigenvalue weighted by atomic mass is 35.5. The number of aromatic nitrogens is 4. The molecular formula is C22H21ClN6O. The van der Waals surface area contributed by atoms with Crippen LogP contribution in [-0.4, -0.2) is 26.9 Å². The number of hydrogen-bond acceptors (Lipinski definition) is 6. The van der Waals surface area contributed by atoms with Gasteiger partial charge in [0.1, 0.15) is 11.6 Å². The molecule has 2 N–H and O–H groups in total. The van der Waals surface area contributed by atoms with Crippen molar-refractivity contribution in [3.63, 3.8) is 0 Å². The molecule has 0 spiro atoms. The number of methoxy groups -OCH3 is 1. The van der Waals surface area contributed by atoms with Gasteiger partial charge in [-0.3, -0.25) is 4.68 Å². The van der Waals surface area contributed by atoms with Crippen LogP contribution in [0.5, 0.6) is 5.75 Å². The van der Waals surface area contributed by atoms with Crippen LogP contribution in [0.2, 0.25) is 5.02 Å². The lowest BCUT2D eigenvalue weighted by Crippen LogP contribution is -2.03. The highest BCUT2D eigenvalue weighted by Crippen LogP contribution is 2.29. The van der Waals surface area contributed by atoms with Crippen molar-refractivity contribution in [3.8, 4) is 5.75 Å². The predicted molar refractivity (Wildman–Crippen MR) is 119 cm³/mol. The lowest BCUT2D eigenvalue weighted by molar-refractivity contribution is 0.415. The van der Waals surface area contributed by atoms with Gasteiger partial charge < -0.3 is 15.4 Å². The number of aryl methyl sites for hydroxylation is 1. The van der Waals surface area contributed by atoms with Crippen LogP contribution in [0.15, 0.2) is 67.1 Å². The molecule has 0 bridgehead atoms. The Hall–Kier alpha value is -3.58. The summed E-state index contributed by atoms with van der Waals surface area (Å²) in [5.74, 6) is 1.80. The maximum atomic E-state index is 6.10. The van der Waals surface area contributed by atoms with Crippen molar-refractivity contribution >= 4 is 34.7 Å². The van der Waals surface area contributed by atoms with E-state index in [2.05, 4.69) is 37.8 Å². The van der Waals surface area contributed by atoms with Gasteiger partial charge >= 0.3 is 0 Å². The predicted octanol–water partition coefficient (Wildman–Crippen LogP) is 5.18. The van der Waals surface area contributed by atoms with E-state index >= 15 is 0 Å². The smallest absolute Gasteiger partial charge is 0.229 e. The van der Waals surface area contributed by atoms with Crippen LogP contribution in [-0.2, 0) is 6.54 Å². The van der Waals surface area contributed by atoms with Crippen LogP contribution in [0.4, 0.5) is 23.1 Å². The van der Waals surface area contributed by atoms with Gasteiger partial charge in [0.2, 0.25) is 5.95 Å². The summed E-state index contributed by atoms with van der Waals surface area (Å²) in [6.45, 7) is 2.68. The second-order valence-corrected chi connectivity index (χ2v) is 7.13. The quantitative estimate of drug-likeness (QED) is 0.429. The molecule has 7 nitrogen and oxygen atoms in total. The fourth-order valence-corrected chi connectivity index (χ4v) is 3.10. The Labute approximate surface area is 179 Å². The molecule has 8 heteroatoms. The van der Waals surface area contributed by atoms with E-state index in [9.17, 15) is 0 Å². The molecule has 0 aliphatic rings. The van der Waals surface area contributed by atoms with Gasteiger partial charge in [-0.25, -0.2) is 4.98 Å². The summed E-state index contributed by atoms with van der Waals surface area (Å²) in [7, 11) is 1.59. The first-order valence-electron chi connectivity index (χ1n) is 9.38. The molecule has 2 heterocycles. The number of anilines is 4. The van der Waals surface area contributed by atoms with Gasteiger partial charge in [-0.05, 0) is 42.8 Å². The monoisotopic (exact) mass is 420 g/mol. The van der Waals surface area contributed by atoms with Gasteiger partial charge in [-0.15, -0.1) is 0 Å². The van der Waals surface area contributed by atoms with E-state index in [4.69, 9.17) is 16.3 Å². The number of halogens is 1. The molecule has 0 amide bonds. The lowest BCUT2D eigenvalue weighted by atomic mass is 10.2. The Morgan fingerprint density at radius 3 is 2.60 bits per heavy atom. The van der Waals surface area contributed by atoms with Crippen LogP contribution >= 0.6 is 11.6 Å². The van der Waals surface area contributed by atoms with Crippen molar-refractivity contribution < 1.29 is 4.74 Å². The van der Waals surface area contributed by atoms with Gasteiger partial charge in [-0.2, -0.15) is 10.1 Å². The molecule has 0 aliphatic heterocycles. The molecule has 0 saturated heterocycles. The minimum absolute atomic E-state index is 0.504. The molecule has 2 aromatic heterocycles. The zero-order chi connectivity index (χ0) is 20.9. The molecule has 0 atom stereocenters. The maximum Gasteiger partial charge on any atom is 0.229 e. The SMILES string of the molecule is COc1cc(Nc2nc(Nc3ccc(Cn4cccn4)cc3)ncc2C)ccc1Cl. The number of hydrogen-bond donors (Lipinski definition) is 2. The van der Waals surface area contributed by atoms with Crippen molar-refractivity contribution in [2.75, 3.05) is 17.7 Å². The molecule has 0 saturated carbocycles. The van der Waals surface area contributed by atoms with E-state index in [1.807, 2.05) is 48.1 Å². The average Bonchev–Trinajstić information content (AvgIpc) is 3.26. The summed E-state index contributed by atoms with van der Waals surface area (Å²) in [6.07, 6.45) is 5.49. The van der Waals surface area contributed by atoms with Gasteiger partial charge in [0, 0.05) is 41.6 Å². The van der Waals surface area contributed by atoms with Crippen molar-refractivity contribution in [2.24, 2.45) is 0 Å². The first-order chi connectivity index (χ1) is 14.6. The number of ether oxygens (including phenoxy) is 1. The molecule has 0 unspecified atom stereocenters. The van der Waals surface area contributed by atoms with Crippen LogP contribution in [0.25, 0.3) is 0 Å². The average molecular weight is 421 g/mol. The summed E-state index contributed by atoms with van der Waals surface area (Å²) < 4.78 is 7.16. The van der Waals surface area contributed by atoms with Gasteiger partial charge in [0.25, 0.3) is 0 Å². The number of benzene rings is 2. The third-order valence-electron chi connectivity index (χ3n) is 4.50. The minimum Gasteiger partial charge on any atom is -0.495 e. The van der Waals surface area contributed by atoms with Crippen LogP contribution in [0.1, 0.15) is 11.1 Å². The molecule has 0 fully saturated rings. The Kier molecular flexibility index (Phi) is 5.81. The normalized spacial score (nSPS) is 10.6. The highest BCUT2D eigenvalue weighted by Gasteiger charge is 2.08. The number of nitrogens with zero attached hydrogens (tertiary/aromatic N) is 4. The van der Waals surface area contributed by atoms with E-state index in [0.29, 0.717) is 22.5 Å². The van der Waals surface area contributed by atoms with Crippen molar-refractivity contribution in [3.05, 3.63) is 83.3 Å². The largest absolute Gasteiger partial charge is 0.495 e. The summed E-state index contributed by atoms with van der Waals surface area (Å²) in [6, 6.07) is 15.5. The van der Waals surface area contributed by atoms with E-state index < -0.39 is 0 Å². The number of nitrogens with one attached hydrogen (secondary N) is 2. The fourth-order valence-electron chi connectivity index (χ4n) is 2.91. The Morgan fingerprint density at radius 1 is 1.07 bits per heavy atom. The molecule has 30 heavy (non-hydrogen) atoms. The molecule has 0 aliphatic carbocycles. The van der Waals surface area contributed by atoms with E-state index in [0.717, 1.165) is 29.0 Å². The van der Waals surface area contributed by atoms with Crippen molar-refractivity contribution in [2.45, 2.75) is 13.5 Å². The van der Waals surface area contributed by atoms with Crippen LogP contribution < -0.4 is 15.4 Å². The zero-order valence-electron chi connectivity index (χ0n) is 16.6. The second kappa shape index (κ2) is 8.84. The van der Waals surface area contributed by atoms with Crippen molar-refractivity contribution in [1.82, 2.24) is 19.7 Å². The lowest BCUT2D eigenvalue weighted by Gasteiger charge is -2.12. The fraction of sp³-hybridized carbons (Fsp3) is 0.136. The Balaban J connectivity index is 1.47. The van der Waals surface area contributed by atoms with Crippen LogP contribution in [0, 0.1) is 6.92 Å². The van der Waals surface area contributed by atoms with E-state index in [1.54, 1.807) is 25.6 Å². The molecule has 152 valence electrons. The first-order valence-corrected chi connectivity index (χ1v) is 9.76. The second-order valence-electron chi connectivity index (χ2n) is 6.73. The molecule has 0 radical (unpaired) electrons. The van der Waals surface area contributed by atoms with Gasteiger partial charge in [0.05, 0.1) is 18.7 Å². The topological polar surface area (TPSA) is 76.9 Å². The Morgan fingerprint density at radius 2 is 1.87 bits per heavy atom. The van der Waals surface area contributed by atoms with Crippen molar-refractivity contribution in [1.29, 1.82) is 0 Å². The van der Waals surface area contributed by atoms with Gasteiger partial charge in [0.15, 0.2) is 0 Å². The summed E-state index contributed by atoms with van der Waals surface area (Å²) >= 11 is 6.10. The summed E-state index contributed by atoms with van der Waals surface area (Å²) in [4.78, 5) is 8.99. The standard InChI is InChI=1S/C22H21ClN6O/c1-15-13-24-22(28-21(15)26-18-8-9-19(23)20(12-18)30-2)27-17-6-4-16(5-7-17)14-29-11-3-10-25-29/h3-13H,14H2,1-2H3,(H2,24,26,27,28). The minimum atomic E-state index is 0.504. The third-order valence-corrected chi connectivity index (χ3v) is 4.81. The molecular weight excluding hydrogens is 400 g/mol. The van der Waals surface area contributed by atoms with E-state index in [-0.39, 0.29) is 0 Å². The van der Waals surface area contributed by atoms with Crippen LogP contribution in [0.3, 0.4) is 0 Å². The third kappa shape index (κ3) is 4.69. The zero-order valence-corrected chi connectivity index (χ0v) is 17.4. The molecule has 4 aromatic rings. The first kappa shape index (κ1) is 19.7. The highest BCUT2D eigenvalue weighted by molar-refractivity contribution is 6.32. The molecule has 4 rings (SSSR count). The summed E-state index contributed by atoms with van der Waals surface area (Å²) in [5, 5.41) is 11.3. The maximum absolute atomic E-state index is 6.10. The number of rotatable bonds is 7. The Bertz CT molecular complexity index is 1130. The van der Waals surface area contributed by atoms with Gasteiger partial charge in [-0.1, -0.05) is 23.7 Å². The molecule has 2 aromatic carbocycles. The van der Waals surface area contributed by atoms with E-state index in [1.165, 1.54) is 0 Å². The summed E-state index contributed by atoms with van der Waals surface area (Å²) in [5.41, 5.74) is 3.81.